The van der Waals surface area contributed by atoms with Crippen molar-refractivity contribution >= 4 is 23.2 Å². The van der Waals surface area contributed by atoms with Gasteiger partial charge in [0.1, 0.15) is 24.8 Å². The van der Waals surface area contributed by atoms with E-state index in [0.717, 1.165) is 22.5 Å². The number of nitrogens with zero attached hydrogens (tertiary/aromatic N) is 4. The van der Waals surface area contributed by atoms with E-state index in [0.29, 0.717) is 24.5 Å². The summed E-state index contributed by atoms with van der Waals surface area (Å²) in [7, 11) is 7.39. The summed E-state index contributed by atoms with van der Waals surface area (Å²) >= 11 is 0. The predicted octanol–water partition coefficient (Wildman–Crippen LogP) is 2.30. The maximum Gasteiger partial charge on any atom is 0.347 e. The summed E-state index contributed by atoms with van der Waals surface area (Å²) in [6, 6.07) is 15.6. The molecule has 0 saturated heterocycles. The monoisotopic (exact) mass is 458 g/mol. The number of para-hydroxylation sites is 2. The minimum atomic E-state index is -0.162. The fourth-order valence-electron chi connectivity index (χ4n) is 4.17. The van der Waals surface area contributed by atoms with Gasteiger partial charge in [-0.1, -0.05) is 36.4 Å². The van der Waals surface area contributed by atoms with Crippen molar-refractivity contribution in [1.82, 2.24) is 9.13 Å². The van der Waals surface area contributed by atoms with Gasteiger partial charge in [-0.3, -0.25) is 9.59 Å². The highest BCUT2D eigenvalue weighted by Gasteiger charge is 2.23. The van der Waals surface area contributed by atoms with Crippen LogP contribution in [-0.4, -0.2) is 20.9 Å². The van der Waals surface area contributed by atoms with Crippen molar-refractivity contribution in [3.05, 3.63) is 96.1 Å². The molecule has 0 aliphatic rings. The molecular formula is C26H30N6O2+2. The molecule has 2 aromatic heterocycles. The van der Waals surface area contributed by atoms with Gasteiger partial charge in [0.25, 0.3) is 0 Å². The molecular weight excluding hydrogens is 428 g/mol. The first-order valence-corrected chi connectivity index (χ1v) is 11.2. The van der Waals surface area contributed by atoms with E-state index in [-0.39, 0.29) is 11.8 Å². The number of rotatable bonds is 7. The Labute approximate surface area is 199 Å². The van der Waals surface area contributed by atoms with Crippen molar-refractivity contribution in [3.8, 4) is 0 Å². The largest absolute Gasteiger partial charge is 0.347 e. The van der Waals surface area contributed by atoms with Crippen molar-refractivity contribution in [2.45, 2.75) is 12.8 Å². The third-order valence-corrected chi connectivity index (χ3v) is 5.97. The van der Waals surface area contributed by atoms with Gasteiger partial charge in [-0.25, -0.2) is 18.3 Å². The first kappa shape index (κ1) is 23.0. The van der Waals surface area contributed by atoms with E-state index in [1.807, 2.05) is 102 Å². The number of hydrogen-bond donors (Lipinski definition) is 2. The number of nitrogens with one attached hydrogen (secondary N) is 2. The van der Waals surface area contributed by atoms with E-state index < -0.39 is 0 Å². The zero-order chi connectivity index (χ0) is 24.2. The average molecular weight is 459 g/mol. The van der Waals surface area contributed by atoms with Crippen molar-refractivity contribution in [3.63, 3.8) is 0 Å². The Morgan fingerprint density at radius 3 is 1.44 bits per heavy atom. The zero-order valence-electron chi connectivity index (χ0n) is 19.9. The minimum Gasteiger partial charge on any atom is -0.315 e. The molecule has 0 fully saturated rings. The van der Waals surface area contributed by atoms with Crippen LogP contribution in [0.1, 0.15) is 32.4 Å². The third kappa shape index (κ3) is 4.76. The molecule has 0 spiro atoms. The molecule has 0 unspecified atom stereocenters. The highest BCUT2D eigenvalue weighted by atomic mass is 16.2. The molecule has 2 amide bonds. The third-order valence-electron chi connectivity index (χ3n) is 5.97. The number of aryl methyl sites for hydroxylation is 6. The van der Waals surface area contributed by atoms with Crippen molar-refractivity contribution in [1.29, 1.82) is 0 Å². The van der Waals surface area contributed by atoms with Gasteiger partial charge in [0.2, 0.25) is 0 Å². The molecule has 0 aliphatic carbocycles. The summed E-state index contributed by atoms with van der Waals surface area (Å²) in [6.07, 6.45) is 8.81. The molecule has 2 heterocycles. The Morgan fingerprint density at radius 1 is 0.706 bits per heavy atom. The van der Waals surface area contributed by atoms with E-state index in [4.69, 9.17) is 0 Å². The van der Waals surface area contributed by atoms with E-state index in [2.05, 4.69) is 10.6 Å². The van der Waals surface area contributed by atoms with Crippen LogP contribution in [0.25, 0.3) is 0 Å². The van der Waals surface area contributed by atoms with Crippen molar-refractivity contribution in [2.24, 2.45) is 28.2 Å². The molecule has 0 bridgehead atoms. The highest BCUT2D eigenvalue weighted by Crippen LogP contribution is 2.22. The summed E-state index contributed by atoms with van der Waals surface area (Å²) in [5.41, 5.74) is 3.63. The lowest BCUT2D eigenvalue weighted by atomic mass is 10.0. The summed E-state index contributed by atoms with van der Waals surface area (Å²) in [5, 5.41) is 6.11. The van der Waals surface area contributed by atoms with E-state index >= 15 is 0 Å². The molecule has 34 heavy (non-hydrogen) atoms. The van der Waals surface area contributed by atoms with Gasteiger partial charge in [-0.15, -0.1) is 0 Å². The normalized spacial score (nSPS) is 10.8. The van der Waals surface area contributed by atoms with Crippen LogP contribution in [0.4, 0.5) is 11.4 Å². The minimum absolute atomic E-state index is 0.162. The van der Waals surface area contributed by atoms with Gasteiger partial charge < -0.3 is 10.6 Å². The average Bonchev–Trinajstić information content (AvgIpc) is 3.33. The van der Waals surface area contributed by atoms with Crippen LogP contribution in [0.3, 0.4) is 0 Å². The van der Waals surface area contributed by atoms with Crippen LogP contribution in [0.2, 0.25) is 0 Å². The molecule has 0 atom stereocenters. The number of amides is 2. The van der Waals surface area contributed by atoms with E-state index in [9.17, 15) is 9.59 Å². The zero-order valence-corrected chi connectivity index (χ0v) is 19.9. The molecule has 0 radical (unpaired) electrons. The lowest BCUT2D eigenvalue weighted by molar-refractivity contribution is -0.672. The van der Waals surface area contributed by atoms with Crippen LogP contribution in [0.15, 0.2) is 73.3 Å². The number of benzene rings is 2. The summed E-state index contributed by atoms with van der Waals surface area (Å²) in [6.45, 7) is 0. The maximum absolute atomic E-state index is 12.9. The number of anilines is 2. The van der Waals surface area contributed by atoms with E-state index in [1.54, 1.807) is 18.3 Å². The quantitative estimate of drug-likeness (QED) is 0.417. The topological polar surface area (TPSA) is 75.8 Å². The number of carbonyl (C=O) groups is 2. The summed E-state index contributed by atoms with van der Waals surface area (Å²) in [5.74, 6) is 0.810. The molecule has 0 aliphatic heterocycles. The fraction of sp³-hybridized carbons (Fsp3) is 0.231. The Bertz CT molecular complexity index is 1210. The first-order valence-electron chi connectivity index (χ1n) is 11.2. The number of imidazole rings is 2. The van der Waals surface area contributed by atoms with Crippen LogP contribution in [-0.2, 0) is 41.0 Å². The predicted molar refractivity (Wildman–Crippen MR) is 129 cm³/mol. The Balaban J connectivity index is 1.50. The second kappa shape index (κ2) is 9.74. The second-order valence-corrected chi connectivity index (χ2v) is 8.41. The Morgan fingerprint density at radius 2 is 1.09 bits per heavy atom. The molecule has 2 N–H and O–H groups in total. The highest BCUT2D eigenvalue weighted by molar-refractivity contribution is 6.02. The molecule has 8 heteroatoms. The van der Waals surface area contributed by atoms with Gasteiger partial charge in [0, 0.05) is 11.4 Å². The van der Waals surface area contributed by atoms with Gasteiger partial charge in [0.05, 0.1) is 28.2 Å². The van der Waals surface area contributed by atoms with Crippen LogP contribution in [0.5, 0.6) is 0 Å². The smallest absolute Gasteiger partial charge is 0.315 e. The van der Waals surface area contributed by atoms with E-state index in [1.165, 1.54) is 0 Å². The number of hydrogen-bond acceptors (Lipinski definition) is 2. The molecule has 174 valence electrons. The SMILES string of the molecule is Cn1cc[n+](C)c1C(=O)Nc1ccccc1CCc1ccccc1NC(=O)c1n(C)cc[n+]1C. The second-order valence-electron chi connectivity index (χ2n) is 8.41. The fourth-order valence-corrected chi connectivity index (χ4v) is 4.17. The van der Waals surface area contributed by atoms with Crippen LogP contribution < -0.4 is 19.8 Å². The summed E-state index contributed by atoms with van der Waals surface area (Å²) in [4.78, 5) is 25.8. The molecule has 4 aromatic rings. The van der Waals surface area contributed by atoms with Crippen molar-refractivity contribution in [2.75, 3.05) is 10.6 Å². The number of carbonyl (C=O) groups excluding carboxylic acids is 2. The molecule has 2 aromatic carbocycles. The first-order chi connectivity index (χ1) is 16.3. The Hall–Kier alpha value is -4.20. The standard InChI is InChI=1S/C26H28N6O2/c1-29-15-16-30(2)25(29)23(33)27-21-11-7-5-9-19(21)13-14-20-10-6-8-12-22(20)28-24(34)26-31(3)17-18-32(26)4/h5-12,15-18H,13-14H2,1-4H3/p+2. The van der Waals surface area contributed by atoms with Gasteiger partial charge in [0.15, 0.2) is 0 Å². The molecule has 0 saturated carbocycles. The van der Waals surface area contributed by atoms with Gasteiger partial charge in [-0.2, -0.15) is 0 Å². The van der Waals surface area contributed by atoms with Crippen LogP contribution in [0, 0.1) is 0 Å². The maximum atomic E-state index is 12.9. The summed E-state index contributed by atoms with van der Waals surface area (Å²) < 4.78 is 7.18. The number of aromatic nitrogens is 4. The molecule has 4 rings (SSSR count). The lowest BCUT2D eigenvalue weighted by Gasteiger charge is -2.13. The Kier molecular flexibility index (Phi) is 6.58. The van der Waals surface area contributed by atoms with Gasteiger partial charge >= 0.3 is 23.5 Å². The molecule has 8 nitrogen and oxygen atoms in total. The van der Waals surface area contributed by atoms with Crippen LogP contribution >= 0.6 is 0 Å². The van der Waals surface area contributed by atoms with Crippen molar-refractivity contribution < 1.29 is 18.7 Å². The lowest BCUT2D eigenvalue weighted by Crippen LogP contribution is -2.37. The van der Waals surface area contributed by atoms with Gasteiger partial charge in [-0.05, 0) is 36.1 Å².